The number of ether oxygens (including phenoxy) is 1. The Labute approximate surface area is 124 Å². The first-order chi connectivity index (χ1) is 10.3. The van der Waals surface area contributed by atoms with E-state index >= 15 is 0 Å². The molecule has 3 nitrogen and oxygen atoms in total. The Bertz CT molecular complexity index is 608. The lowest BCUT2D eigenvalue weighted by atomic mass is 9.83. The second kappa shape index (κ2) is 5.22. The fourth-order valence-corrected chi connectivity index (χ4v) is 2.78. The molecule has 1 heterocycles. The predicted molar refractivity (Wildman–Crippen MR) is 70.0 cm³/mol. The minimum absolute atomic E-state index is 0.0204. The SMILES string of the molecule is O=C1NCc2c1cc(COCC1(F)CCC1)cc2C(F)(F)F. The first-order valence-electron chi connectivity index (χ1n) is 7.06. The molecular weight excluding hydrogens is 302 g/mol. The van der Waals surface area contributed by atoms with Gasteiger partial charge in [0.15, 0.2) is 0 Å². The molecule has 1 aromatic rings. The zero-order valence-electron chi connectivity index (χ0n) is 11.7. The van der Waals surface area contributed by atoms with Gasteiger partial charge in [-0.1, -0.05) is 0 Å². The maximum absolute atomic E-state index is 13.8. The zero-order chi connectivity index (χ0) is 16.0. The van der Waals surface area contributed by atoms with Gasteiger partial charge in [-0.2, -0.15) is 13.2 Å². The van der Waals surface area contributed by atoms with Crippen molar-refractivity contribution in [3.63, 3.8) is 0 Å². The molecule has 1 aliphatic carbocycles. The van der Waals surface area contributed by atoms with E-state index in [9.17, 15) is 22.4 Å². The van der Waals surface area contributed by atoms with Crippen LogP contribution >= 0.6 is 0 Å². The maximum atomic E-state index is 13.8. The van der Waals surface area contributed by atoms with Gasteiger partial charge in [0.2, 0.25) is 0 Å². The molecule has 3 rings (SSSR count). The summed E-state index contributed by atoms with van der Waals surface area (Å²) in [7, 11) is 0. The van der Waals surface area contributed by atoms with Crippen LogP contribution in [0.5, 0.6) is 0 Å². The molecule has 0 saturated heterocycles. The van der Waals surface area contributed by atoms with Gasteiger partial charge in [-0.15, -0.1) is 0 Å². The smallest absolute Gasteiger partial charge is 0.373 e. The van der Waals surface area contributed by atoms with Crippen LogP contribution in [-0.4, -0.2) is 18.2 Å². The minimum atomic E-state index is -4.54. The van der Waals surface area contributed by atoms with Gasteiger partial charge in [0.25, 0.3) is 5.91 Å². The van der Waals surface area contributed by atoms with Crippen molar-refractivity contribution in [3.05, 3.63) is 34.4 Å². The molecule has 0 spiro atoms. The highest BCUT2D eigenvalue weighted by atomic mass is 19.4. The number of carbonyl (C=O) groups excluding carboxylic acids is 1. The summed E-state index contributed by atoms with van der Waals surface area (Å²) in [5.41, 5.74) is -1.97. The molecule has 120 valence electrons. The lowest BCUT2D eigenvalue weighted by Crippen LogP contribution is -2.36. The van der Waals surface area contributed by atoms with E-state index in [0.29, 0.717) is 12.8 Å². The third-order valence-corrected chi connectivity index (χ3v) is 4.16. The van der Waals surface area contributed by atoms with Crippen molar-refractivity contribution in [3.8, 4) is 0 Å². The molecule has 0 atom stereocenters. The second-order valence-corrected chi connectivity index (χ2v) is 5.85. The van der Waals surface area contributed by atoms with Crippen LogP contribution in [-0.2, 0) is 24.1 Å². The Morgan fingerprint density at radius 2 is 2.00 bits per heavy atom. The molecular formula is C15H15F4NO2. The first-order valence-corrected chi connectivity index (χ1v) is 7.06. The van der Waals surface area contributed by atoms with Crippen molar-refractivity contribution in [1.82, 2.24) is 5.32 Å². The Balaban J connectivity index is 1.79. The molecule has 22 heavy (non-hydrogen) atoms. The molecule has 1 amide bonds. The van der Waals surface area contributed by atoms with E-state index in [0.717, 1.165) is 12.5 Å². The Hall–Kier alpha value is -1.63. The van der Waals surface area contributed by atoms with Crippen molar-refractivity contribution in [2.24, 2.45) is 0 Å². The highest BCUT2D eigenvalue weighted by molar-refractivity contribution is 5.99. The second-order valence-electron chi connectivity index (χ2n) is 5.85. The maximum Gasteiger partial charge on any atom is 0.416 e. The molecule has 0 unspecified atom stereocenters. The fourth-order valence-electron chi connectivity index (χ4n) is 2.78. The minimum Gasteiger partial charge on any atom is -0.373 e. The van der Waals surface area contributed by atoms with Gasteiger partial charge in [-0.3, -0.25) is 4.79 Å². The summed E-state index contributed by atoms with van der Waals surface area (Å²) in [6.45, 7) is -0.398. The van der Waals surface area contributed by atoms with Crippen molar-refractivity contribution in [2.75, 3.05) is 6.61 Å². The van der Waals surface area contributed by atoms with Crippen LogP contribution in [0.25, 0.3) is 0 Å². The number of halogens is 4. The number of hydrogen-bond acceptors (Lipinski definition) is 2. The number of amides is 1. The van der Waals surface area contributed by atoms with Gasteiger partial charge in [-0.05, 0) is 42.5 Å². The van der Waals surface area contributed by atoms with Crippen LogP contribution in [0.15, 0.2) is 12.1 Å². The van der Waals surface area contributed by atoms with Crippen LogP contribution in [0.2, 0.25) is 0 Å². The number of fused-ring (bicyclic) bond motifs is 1. The zero-order valence-corrected chi connectivity index (χ0v) is 11.7. The number of benzene rings is 1. The Morgan fingerprint density at radius 3 is 2.59 bits per heavy atom. The van der Waals surface area contributed by atoms with E-state index in [1.165, 1.54) is 6.07 Å². The Kier molecular flexibility index (Phi) is 3.63. The summed E-state index contributed by atoms with van der Waals surface area (Å²) in [4.78, 5) is 11.6. The molecule has 1 N–H and O–H groups in total. The van der Waals surface area contributed by atoms with E-state index in [4.69, 9.17) is 4.74 Å². The molecule has 1 aliphatic heterocycles. The fraction of sp³-hybridized carbons (Fsp3) is 0.533. The number of hydrogen-bond donors (Lipinski definition) is 1. The average molecular weight is 317 g/mol. The van der Waals surface area contributed by atoms with Crippen LogP contribution in [0, 0.1) is 0 Å². The van der Waals surface area contributed by atoms with Crippen molar-refractivity contribution in [2.45, 2.75) is 44.3 Å². The topological polar surface area (TPSA) is 38.3 Å². The van der Waals surface area contributed by atoms with Gasteiger partial charge in [0, 0.05) is 12.1 Å². The lowest BCUT2D eigenvalue weighted by Gasteiger charge is -2.33. The van der Waals surface area contributed by atoms with Crippen LogP contribution in [0.3, 0.4) is 0 Å². The summed E-state index contributed by atoms with van der Waals surface area (Å²) in [5, 5.41) is 2.38. The normalized spacial score (nSPS) is 19.5. The monoisotopic (exact) mass is 317 g/mol. The molecule has 0 bridgehead atoms. The first kappa shape index (κ1) is 15.3. The number of rotatable bonds is 4. The van der Waals surface area contributed by atoms with E-state index in [-0.39, 0.29) is 36.4 Å². The Morgan fingerprint density at radius 1 is 1.27 bits per heavy atom. The average Bonchev–Trinajstić information content (AvgIpc) is 2.77. The highest BCUT2D eigenvalue weighted by Crippen LogP contribution is 2.37. The molecule has 7 heteroatoms. The van der Waals surface area contributed by atoms with Gasteiger partial charge in [-0.25, -0.2) is 4.39 Å². The molecule has 2 aliphatic rings. The largest absolute Gasteiger partial charge is 0.416 e. The van der Waals surface area contributed by atoms with Gasteiger partial charge < -0.3 is 10.1 Å². The van der Waals surface area contributed by atoms with Gasteiger partial charge >= 0.3 is 6.18 Å². The number of nitrogens with one attached hydrogen (secondary N) is 1. The predicted octanol–water partition coefficient (Wildman–Crippen LogP) is 3.36. The molecule has 0 radical (unpaired) electrons. The van der Waals surface area contributed by atoms with Crippen LogP contribution in [0.1, 0.15) is 46.3 Å². The summed E-state index contributed by atoms with van der Waals surface area (Å²) in [5.74, 6) is -0.525. The van der Waals surface area contributed by atoms with Gasteiger partial charge in [0.05, 0.1) is 18.8 Å². The quantitative estimate of drug-likeness (QED) is 0.865. The van der Waals surface area contributed by atoms with Crippen molar-refractivity contribution < 1.29 is 27.1 Å². The molecule has 1 fully saturated rings. The summed E-state index contributed by atoms with van der Waals surface area (Å²) >= 11 is 0. The van der Waals surface area contributed by atoms with Gasteiger partial charge in [0.1, 0.15) is 5.67 Å². The number of alkyl halides is 4. The lowest BCUT2D eigenvalue weighted by molar-refractivity contribution is -0.138. The number of carbonyl (C=O) groups is 1. The standard InChI is InChI=1S/C15H15F4NO2/c16-14(2-1-3-14)8-22-7-9-4-10-11(6-20-13(10)21)12(5-9)15(17,18)19/h4-5H,1-3,6-8H2,(H,20,21). The third kappa shape index (κ3) is 2.82. The van der Waals surface area contributed by atoms with Crippen molar-refractivity contribution in [1.29, 1.82) is 0 Å². The van der Waals surface area contributed by atoms with E-state index in [2.05, 4.69) is 5.32 Å². The molecule has 1 saturated carbocycles. The molecule has 1 aromatic carbocycles. The third-order valence-electron chi connectivity index (χ3n) is 4.16. The summed E-state index contributed by atoms with van der Waals surface area (Å²) in [6, 6.07) is 2.36. The van der Waals surface area contributed by atoms with E-state index in [1.54, 1.807) is 0 Å². The summed E-state index contributed by atoms with van der Waals surface area (Å²) in [6.07, 6.45) is -2.89. The summed E-state index contributed by atoms with van der Waals surface area (Å²) < 4.78 is 58.3. The van der Waals surface area contributed by atoms with E-state index < -0.39 is 23.3 Å². The van der Waals surface area contributed by atoms with Crippen LogP contribution < -0.4 is 5.32 Å². The van der Waals surface area contributed by atoms with Crippen molar-refractivity contribution >= 4 is 5.91 Å². The highest BCUT2D eigenvalue weighted by Gasteiger charge is 2.39. The molecule has 0 aromatic heterocycles. The van der Waals surface area contributed by atoms with E-state index in [1.807, 2.05) is 0 Å². The van der Waals surface area contributed by atoms with Crippen LogP contribution in [0.4, 0.5) is 17.6 Å².